The number of aromatic nitrogens is 5. The second-order valence-electron chi connectivity index (χ2n) is 6.54. The lowest BCUT2D eigenvalue weighted by molar-refractivity contribution is 0.255. The molecule has 1 aliphatic heterocycles. The number of furan rings is 1. The number of aryl methyl sites for hydroxylation is 1. The number of hydrogen-bond acceptors (Lipinski definition) is 7. The minimum atomic E-state index is 0.770. The summed E-state index contributed by atoms with van der Waals surface area (Å²) < 4.78 is 7.42. The molecule has 0 amide bonds. The van der Waals surface area contributed by atoms with Gasteiger partial charge in [0.15, 0.2) is 0 Å². The normalized spacial score (nSPS) is 14.8. The van der Waals surface area contributed by atoms with E-state index in [9.17, 15) is 0 Å². The van der Waals surface area contributed by atoms with Gasteiger partial charge in [0, 0.05) is 45.1 Å². The van der Waals surface area contributed by atoms with E-state index in [1.54, 1.807) is 18.9 Å². The third kappa shape index (κ3) is 3.75. The molecule has 1 aliphatic rings. The summed E-state index contributed by atoms with van der Waals surface area (Å²) in [6.45, 7) is 3.55. The van der Waals surface area contributed by atoms with E-state index in [2.05, 4.69) is 30.4 Å². The molecule has 4 heterocycles. The Hall–Kier alpha value is -2.74. The Labute approximate surface area is 152 Å². The summed E-state index contributed by atoms with van der Waals surface area (Å²) in [5.41, 5.74) is 2.37. The molecule has 0 aliphatic carbocycles. The first-order valence-corrected chi connectivity index (χ1v) is 8.94. The molecule has 3 aromatic rings. The molecule has 0 spiro atoms. The molecule has 8 nitrogen and oxygen atoms in total. The fraction of sp³-hybridized carbons (Fsp3) is 0.444. The van der Waals surface area contributed by atoms with Crippen LogP contribution in [0.1, 0.15) is 22.8 Å². The SMILES string of the molecule is Cn1cnnc1CCNc1ncnc2c1CCN(Cc1ccco1)CC2. The second-order valence-corrected chi connectivity index (χ2v) is 6.54. The zero-order valence-electron chi connectivity index (χ0n) is 14.9. The maximum absolute atomic E-state index is 5.48. The first kappa shape index (κ1) is 16.7. The molecule has 8 heteroatoms. The highest BCUT2D eigenvalue weighted by Crippen LogP contribution is 2.21. The average Bonchev–Trinajstić information content (AvgIpc) is 3.25. The second kappa shape index (κ2) is 7.65. The molecular weight excluding hydrogens is 330 g/mol. The van der Waals surface area contributed by atoms with Gasteiger partial charge in [-0.1, -0.05) is 0 Å². The van der Waals surface area contributed by atoms with E-state index in [-0.39, 0.29) is 0 Å². The standard InChI is InChI=1S/C18H23N7O/c1-24-13-22-23-17(24)4-7-19-18-15-5-8-25(11-14-3-2-10-26-14)9-6-16(15)20-12-21-18/h2-3,10,12-13H,4-9,11H2,1H3,(H,19,20,21). The number of fused-ring (bicyclic) bond motifs is 1. The highest BCUT2D eigenvalue weighted by Gasteiger charge is 2.19. The van der Waals surface area contributed by atoms with Crippen molar-refractivity contribution >= 4 is 5.82 Å². The Bertz CT molecular complexity index is 843. The van der Waals surface area contributed by atoms with E-state index in [0.717, 1.165) is 68.5 Å². The van der Waals surface area contributed by atoms with Gasteiger partial charge in [0.25, 0.3) is 0 Å². The first-order chi connectivity index (χ1) is 12.8. The third-order valence-corrected chi connectivity index (χ3v) is 4.78. The molecule has 0 unspecified atom stereocenters. The van der Waals surface area contributed by atoms with Crippen LogP contribution in [0.15, 0.2) is 35.5 Å². The van der Waals surface area contributed by atoms with Crippen LogP contribution in [0.5, 0.6) is 0 Å². The average molecular weight is 353 g/mol. The van der Waals surface area contributed by atoms with Crippen LogP contribution in [-0.4, -0.2) is 49.3 Å². The molecule has 4 rings (SSSR count). The van der Waals surface area contributed by atoms with Crippen LogP contribution >= 0.6 is 0 Å². The fourth-order valence-corrected chi connectivity index (χ4v) is 3.33. The lowest BCUT2D eigenvalue weighted by atomic mass is 10.1. The van der Waals surface area contributed by atoms with E-state index in [1.807, 2.05) is 23.7 Å². The lowest BCUT2D eigenvalue weighted by Gasteiger charge is -2.17. The number of anilines is 1. The van der Waals surface area contributed by atoms with Gasteiger partial charge < -0.3 is 14.3 Å². The van der Waals surface area contributed by atoms with Gasteiger partial charge in [-0.25, -0.2) is 9.97 Å². The molecule has 0 saturated carbocycles. The highest BCUT2D eigenvalue weighted by molar-refractivity contribution is 5.46. The summed E-state index contributed by atoms with van der Waals surface area (Å²) >= 11 is 0. The van der Waals surface area contributed by atoms with Crippen LogP contribution in [0.2, 0.25) is 0 Å². The van der Waals surface area contributed by atoms with Crippen molar-refractivity contribution < 1.29 is 4.42 Å². The quantitative estimate of drug-likeness (QED) is 0.718. The van der Waals surface area contributed by atoms with Gasteiger partial charge in [0.05, 0.1) is 18.5 Å². The molecule has 0 saturated heterocycles. The molecule has 1 N–H and O–H groups in total. The fourth-order valence-electron chi connectivity index (χ4n) is 3.33. The van der Waals surface area contributed by atoms with Gasteiger partial charge in [-0.15, -0.1) is 10.2 Å². The predicted octanol–water partition coefficient (Wildman–Crippen LogP) is 1.45. The summed E-state index contributed by atoms with van der Waals surface area (Å²) in [6, 6.07) is 3.96. The number of rotatable bonds is 6. The summed E-state index contributed by atoms with van der Waals surface area (Å²) in [4.78, 5) is 11.4. The van der Waals surface area contributed by atoms with E-state index >= 15 is 0 Å². The largest absolute Gasteiger partial charge is 0.468 e. The minimum Gasteiger partial charge on any atom is -0.468 e. The lowest BCUT2D eigenvalue weighted by Crippen LogP contribution is -2.25. The van der Waals surface area contributed by atoms with Crippen molar-refractivity contribution in [1.82, 2.24) is 29.6 Å². The summed E-state index contributed by atoms with van der Waals surface area (Å²) in [5, 5.41) is 11.5. The Kier molecular flexibility index (Phi) is 4.92. The van der Waals surface area contributed by atoms with Gasteiger partial charge >= 0.3 is 0 Å². The Balaban J connectivity index is 1.39. The molecular formula is C18H23N7O. The number of nitrogens with one attached hydrogen (secondary N) is 1. The van der Waals surface area contributed by atoms with Crippen LogP contribution in [0, 0.1) is 0 Å². The van der Waals surface area contributed by atoms with Gasteiger partial charge in [0.2, 0.25) is 0 Å². The van der Waals surface area contributed by atoms with Gasteiger partial charge in [0.1, 0.15) is 30.1 Å². The first-order valence-electron chi connectivity index (χ1n) is 8.94. The van der Waals surface area contributed by atoms with E-state index in [1.165, 1.54) is 5.56 Å². The molecule has 0 aromatic carbocycles. The predicted molar refractivity (Wildman–Crippen MR) is 96.6 cm³/mol. The van der Waals surface area contributed by atoms with Crippen molar-refractivity contribution in [2.75, 3.05) is 25.0 Å². The smallest absolute Gasteiger partial charge is 0.134 e. The molecule has 3 aromatic heterocycles. The molecule has 136 valence electrons. The van der Waals surface area contributed by atoms with Gasteiger partial charge in [-0.3, -0.25) is 4.90 Å². The van der Waals surface area contributed by atoms with Crippen molar-refractivity contribution in [2.45, 2.75) is 25.8 Å². The number of nitrogens with zero attached hydrogens (tertiary/aromatic N) is 6. The molecule has 0 bridgehead atoms. The molecule has 0 fully saturated rings. The van der Waals surface area contributed by atoms with Crippen molar-refractivity contribution in [3.63, 3.8) is 0 Å². The van der Waals surface area contributed by atoms with Gasteiger partial charge in [-0.05, 0) is 18.6 Å². The maximum atomic E-state index is 5.48. The monoisotopic (exact) mass is 353 g/mol. The molecule has 26 heavy (non-hydrogen) atoms. The van der Waals surface area contributed by atoms with Crippen LogP contribution in [0.4, 0.5) is 5.82 Å². The van der Waals surface area contributed by atoms with Crippen molar-refractivity contribution in [3.05, 3.63) is 53.9 Å². The molecule has 0 radical (unpaired) electrons. The van der Waals surface area contributed by atoms with Crippen LogP contribution in [0.3, 0.4) is 0 Å². The van der Waals surface area contributed by atoms with Crippen molar-refractivity contribution in [1.29, 1.82) is 0 Å². The Morgan fingerprint density at radius 1 is 1.23 bits per heavy atom. The van der Waals surface area contributed by atoms with E-state index in [4.69, 9.17) is 4.42 Å². The summed E-state index contributed by atoms with van der Waals surface area (Å²) in [6.07, 6.45) is 7.78. The topological polar surface area (TPSA) is 84.9 Å². The Morgan fingerprint density at radius 2 is 2.15 bits per heavy atom. The van der Waals surface area contributed by atoms with Gasteiger partial charge in [-0.2, -0.15) is 0 Å². The Morgan fingerprint density at radius 3 is 2.96 bits per heavy atom. The maximum Gasteiger partial charge on any atom is 0.134 e. The summed E-state index contributed by atoms with van der Waals surface area (Å²) in [5.74, 6) is 2.91. The summed E-state index contributed by atoms with van der Waals surface area (Å²) in [7, 11) is 1.96. The zero-order chi connectivity index (χ0) is 17.8. The van der Waals surface area contributed by atoms with Crippen molar-refractivity contribution in [3.8, 4) is 0 Å². The minimum absolute atomic E-state index is 0.770. The van der Waals surface area contributed by atoms with Crippen LogP contribution < -0.4 is 5.32 Å². The zero-order valence-corrected chi connectivity index (χ0v) is 14.9. The number of hydrogen-bond donors (Lipinski definition) is 1. The molecule has 0 atom stereocenters. The van der Waals surface area contributed by atoms with E-state index in [0.29, 0.717) is 0 Å². The van der Waals surface area contributed by atoms with Crippen LogP contribution in [0.25, 0.3) is 0 Å². The van der Waals surface area contributed by atoms with E-state index < -0.39 is 0 Å². The van der Waals surface area contributed by atoms with Crippen molar-refractivity contribution in [2.24, 2.45) is 7.05 Å². The van der Waals surface area contributed by atoms with Crippen LogP contribution in [-0.2, 0) is 32.9 Å². The highest BCUT2D eigenvalue weighted by atomic mass is 16.3. The third-order valence-electron chi connectivity index (χ3n) is 4.78.